The first-order chi connectivity index (χ1) is 18.1. The van der Waals surface area contributed by atoms with E-state index in [0.717, 1.165) is 4.90 Å². The van der Waals surface area contributed by atoms with Gasteiger partial charge in [-0.25, -0.2) is 4.79 Å². The summed E-state index contributed by atoms with van der Waals surface area (Å²) in [6, 6.07) is 6.57. The molecule has 7 rings (SSSR count). The Labute approximate surface area is 213 Å². The number of benzene rings is 3. The van der Waals surface area contributed by atoms with Gasteiger partial charge in [0.2, 0.25) is 5.43 Å². The average molecular weight is 515 g/mol. The third-order valence-electron chi connectivity index (χ3n) is 8.01. The lowest BCUT2D eigenvalue weighted by Crippen LogP contribution is -2.56. The molecule has 0 spiro atoms. The molecule has 3 aromatic carbocycles. The maximum absolute atomic E-state index is 13.6. The Kier molecular flexibility index (Phi) is 4.32. The van der Waals surface area contributed by atoms with Crippen molar-refractivity contribution in [3.05, 3.63) is 62.8 Å². The third kappa shape index (κ3) is 2.72. The number of ether oxygens (including phenoxy) is 1. The molecule has 4 aromatic rings. The van der Waals surface area contributed by atoms with E-state index in [1.54, 1.807) is 19.1 Å². The average Bonchev–Trinajstić information content (AvgIpc) is 3.22. The summed E-state index contributed by atoms with van der Waals surface area (Å²) < 4.78 is 11.6. The van der Waals surface area contributed by atoms with Gasteiger partial charge in [-0.3, -0.25) is 14.5 Å². The number of amides is 1. The highest BCUT2D eigenvalue weighted by molar-refractivity contribution is 6.07. The Balaban J connectivity index is 1.50. The van der Waals surface area contributed by atoms with Crippen LogP contribution in [0.15, 0.2) is 39.5 Å². The van der Waals surface area contributed by atoms with Crippen molar-refractivity contribution in [2.45, 2.75) is 38.0 Å². The van der Waals surface area contributed by atoms with E-state index in [-0.39, 0.29) is 63.2 Å². The van der Waals surface area contributed by atoms with Gasteiger partial charge in [0.1, 0.15) is 28.2 Å². The van der Waals surface area contributed by atoms with Gasteiger partial charge in [0.25, 0.3) is 5.91 Å². The Morgan fingerprint density at radius 1 is 1.00 bits per heavy atom. The molecule has 10 nitrogen and oxygen atoms in total. The number of phenolic OH excluding ortho intramolecular Hbond substituents is 3. The summed E-state index contributed by atoms with van der Waals surface area (Å²) in [7, 11) is 0. The predicted molar refractivity (Wildman–Crippen MR) is 133 cm³/mol. The van der Waals surface area contributed by atoms with Gasteiger partial charge in [-0.2, -0.15) is 0 Å². The number of para-hydroxylation sites is 1. The first-order valence-corrected chi connectivity index (χ1v) is 12.1. The monoisotopic (exact) mass is 515 g/mol. The molecule has 1 fully saturated rings. The van der Waals surface area contributed by atoms with E-state index in [1.165, 1.54) is 18.2 Å². The number of hydrogen-bond acceptors (Lipinski definition) is 8. The zero-order chi connectivity index (χ0) is 26.7. The molecule has 2 unspecified atom stereocenters. The molecule has 1 aliphatic carbocycles. The van der Waals surface area contributed by atoms with Gasteiger partial charge in [0.15, 0.2) is 17.4 Å². The van der Waals surface area contributed by atoms with E-state index in [0.29, 0.717) is 29.5 Å². The highest BCUT2D eigenvalue weighted by Gasteiger charge is 2.54. The molecular weight excluding hydrogens is 494 g/mol. The van der Waals surface area contributed by atoms with Crippen LogP contribution in [0.5, 0.6) is 17.2 Å². The summed E-state index contributed by atoms with van der Waals surface area (Å²) in [6.45, 7) is 1.49. The van der Waals surface area contributed by atoms with E-state index in [9.17, 15) is 34.8 Å². The molecule has 0 saturated carbocycles. The Morgan fingerprint density at radius 2 is 1.71 bits per heavy atom. The summed E-state index contributed by atoms with van der Waals surface area (Å²) >= 11 is 0. The van der Waals surface area contributed by atoms with Crippen LogP contribution in [0.25, 0.3) is 33.1 Å². The summed E-state index contributed by atoms with van der Waals surface area (Å²) in [5.74, 6) is -2.85. The van der Waals surface area contributed by atoms with Crippen molar-refractivity contribution >= 4 is 33.8 Å². The van der Waals surface area contributed by atoms with Crippen LogP contribution >= 0.6 is 0 Å². The lowest BCUT2D eigenvalue weighted by Gasteiger charge is -2.41. The first-order valence-electron chi connectivity index (χ1n) is 12.1. The van der Waals surface area contributed by atoms with Crippen molar-refractivity contribution in [1.82, 2.24) is 4.90 Å². The molecule has 2 atom stereocenters. The van der Waals surface area contributed by atoms with Crippen LogP contribution in [0, 0.1) is 0 Å². The second kappa shape index (κ2) is 7.26. The Hall–Kier alpha value is -4.57. The number of nitrogens with zero attached hydrogens (tertiary/aromatic N) is 1. The van der Waals surface area contributed by atoms with Crippen molar-refractivity contribution < 1.29 is 39.2 Å². The lowest BCUT2D eigenvalue weighted by molar-refractivity contribution is -0.142. The van der Waals surface area contributed by atoms with Crippen LogP contribution < -0.4 is 5.43 Å². The largest absolute Gasteiger partial charge is 0.506 e. The molecule has 1 amide bonds. The number of carbonyl (C=O) groups excluding carboxylic acids is 1. The standard InChI is InChI=1S/C28H21NO9/c1-28-9-13-7-11-5-6-12-8-17-21(22(31)14-3-2-4-16(30)25(14)38-17)24(33)19(12)18(11)23(32)20(13)26(34)29(28)15(10-37-28)27(35)36/h2-4,7-8,15,30,32-33H,5-6,9-10H2,1H3,(H,35,36). The zero-order valence-electron chi connectivity index (χ0n) is 20.1. The van der Waals surface area contributed by atoms with Gasteiger partial charge in [-0.15, -0.1) is 0 Å². The van der Waals surface area contributed by atoms with Crippen molar-refractivity contribution in [1.29, 1.82) is 0 Å². The fraction of sp³-hybridized carbons (Fsp3) is 0.250. The van der Waals surface area contributed by atoms with Crippen LogP contribution in [0.1, 0.15) is 34.0 Å². The van der Waals surface area contributed by atoms with Gasteiger partial charge in [-0.1, -0.05) is 12.1 Å². The minimum Gasteiger partial charge on any atom is -0.506 e. The summed E-state index contributed by atoms with van der Waals surface area (Å²) in [6.07, 6.45) is 1.13. The Morgan fingerprint density at radius 3 is 2.45 bits per heavy atom. The topological polar surface area (TPSA) is 158 Å². The van der Waals surface area contributed by atoms with E-state index in [1.807, 2.05) is 0 Å². The quantitative estimate of drug-likeness (QED) is 0.280. The van der Waals surface area contributed by atoms with E-state index in [4.69, 9.17) is 9.15 Å². The fourth-order valence-electron chi connectivity index (χ4n) is 6.32. The SMILES string of the molecule is CC12Cc3cc4c(c(O)c3C(=O)N1C(C(=O)O)CO2)-c1c(cc2oc3c(O)cccc3c(=O)c2c1O)CC4. The van der Waals surface area contributed by atoms with E-state index in [2.05, 4.69) is 0 Å². The number of carboxylic acids is 1. The van der Waals surface area contributed by atoms with Crippen molar-refractivity contribution in [2.24, 2.45) is 0 Å². The second-order valence-electron chi connectivity index (χ2n) is 10.2. The molecule has 3 aliphatic rings. The molecule has 2 aliphatic heterocycles. The predicted octanol–water partition coefficient (Wildman–Crippen LogP) is 3.03. The highest BCUT2D eigenvalue weighted by atomic mass is 16.5. The zero-order valence-corrected chi connectivity index (χ0v) is 20.1. The third-order valence-corrected chi connectivity index (χ3v) is 8.01. The second-order valence-corrected chi connectivity index (χ2v) is 10.2. The number of hydrogen-bond donors (Lipinski definition) is 4. The van der Waals surface area contributed by atoms with Crippen LogP contribution in [-0.2, 0) is 28.8 Å². The summed E-state index contributed by atoms with van der Waals surface area (Å²) in [4.78, 5) is 40.0. The molecule has 1 saturated heterocycles. The molecule has 3 heterocycles. The molecular formula is C28H21NO9. The molecule has 0 bridgehead atoms. The summed E-state index contributed by atoms with van der Waals surface area (Å²) in [5.41, 5.74) is 0.598. The number of rotatable bonds is 1. The maximum Gasteiger partial charge on any atom is 0.328 e. The number of aliphatic carboxylic acids is 1. The number of fused-ring (bicyclic) bond motifs is 7. The van der Waals surface area contributed by atoms with E-state index >= 15 is 0 Å². The molecule has 38 heavy (non-hydrogen) atoms. The van der Waals surface area contributed by atoms with Gasteiger partial charge in [0, 0.05) is 17.5 Å². The van der Waals surface area contributed by atoms with E-state index < -0.39 is 34.8 Å². The highest BCUT2D eigenvalue weighted by Crippen LogP contribution is 2.51. The van der Waals surface area contributed by atoms with Gasteiger partial charge >= 0.3 is 5.97 Å². The normalized spacial score (nSPS) is 21.8. The molecule has 0 radical (unpaired) electrons. The fourth-order valence-corrected chi connectivity index (χ4v) is 6.32. The number of phenols is 3. The van der Waals surface area contributed by atoms with Crippen molar-refractivity contribution in [3.63, 3.8) is 0 Å². The van der Waals surface area contributed by atoms with Crippen molar-refractivity contribution in [3.8, 4) is 28.4 Å². The summed E-state index contributed by atoms with van der Waals surface area (Å²) in [5, 5.41) is 42.8. The number of aryl methyl sites for hydroxylation is 2. The van der Waals surface area contributed by atoms with Gasteiger partial charge < -0.3 is 29.6 Å². The number of aromatic hydroxyl groups is 3. The lowest BCUT2D eigenvalue weighted by atomic mass is 9.79. The van der Waals surface area contributed by atoms with Crippen LogP contribution in [0.4, 0.5) is 0 Å². The minimum atomic E-state index is -1.21. The van der Waals surface area contributed by atoms with Crippen molar-refractivity contribution in [2.75, 3.05) is 6.61 Å². The first kappa shape index (κ1) is 22.6. The molecule has 192 valence electrons. The Bertz CT molecular complexity index is 1840. The van der Waals surface area contributed by atoms with Gasteiger partial charge in [-0.05, 0) is 54.7 Å². The van der Waals surface area contributed by atoms with Gasteiger partial charge in [0.05, 0.1) is 17.6 Å². The van der Waals surface area contributed by atoms with Crippen LogP contribution in [0.3, 0.4) is 0 Å². The minimum absolute atomic E-state index is 0.00642. The number of carboxylic acid groups (broad SMARTS) is 1. The molecule has 4 N–H and O–H groups in total. The maximum atomic E-state index is 13.6. The van der Waals surface area contributed by atoms with Crippen LogP contribution in [-0.4, -0.2) is 55.6 Å². The smallest absolute Gasteiger partial charge is 0.328 e. The molecule has 10 heteroatoms. The van der Waals surface area contributed by atoms with Crippen LogP contribution in [0.2, 0.25) is 0 Å². The number of carbonyl (C=O) groups is 2. The molecule has 1 aromatic heterocycles.